The fraction of sp³-hybridized carbons (Fsp3) is 0.385. The Kier molecular flexibility index (Phi) is 3.34. The third kappa shape index (κ3) is 2.36. The summed E-state index contributed by atoms with van der Waals surface area (Å²) in [7, 11) is 0. The van der Waals surface area contributed by atoms with Crippen molar-refractivity contribution in [2.24, 2.45) is 0 Å². The van der Waals surface area contributed by atoms with Crippen LogP contribution in [0.2, 0.25) is 0 Å². The third-order valence-corrected chi connectivity index (χ3v) is 3.13. The molecule has 96 valence electrons. The van der Waals surface area contributed by atoms with Crippen LogP contribution in [0.1, 0.15) is 25.5 Å². The maximum absolute atomic E-state index is 11.5. The molecule has 0 bridgehead atoms. The molecule has 1 fully saturated rings. The Bertz CT molecular complexity index is 468. The van der Waals surface area contributed by atoms with Crippen molar-refractivity contribution < 1.29 is 14.7 Å². The van der Waals surface area contributed by atoms with E-state index in [2.05, 4.69) is 5.32 Å². The second kappa shape index (κ2) is 4.78. The number of carbonyl (C=O) groups is 2. The number of aliphatic hydroxyl groups is 1. The number of nitrogens with one attached hydrogen (secondary N) is 1. The largest absolute Gasteiger partial charge is 0.389 e. The lowest BCUT2D eigenvalue weighted by Crippen LogP contribution is -2.57. The molecule has 2 N–H and O–H groups in total. The fourth-order valence-electron chi connectivity index (χ4n) is 1.97. The molecule has 1 saturated heterocycles. The van der Waals surface area contributed by atoms with Gasteiger partial charge in [0.2, 0.25) is 11.8 Å². The minimum absolute atomic E-state index is 0.168. The Hall–Kier alpha value is -1.88. The van der Waals surface area contributed by atoms with Gasteiger partial charge in [0.1, 0.15) is 6.04 Å². The van der Waals surface area contributed by atoms with Crippen molar-refractivity contribution in [2.45, 2.75) is 26.0 Å². The molecule has 0 radical (unpaired) electrons. The summed E-state index contributed by atoms with van der Waals surface area (Å²) in [6.07, 6.45) is -0.525. The maximum Gasteiger partial charge on any atom is 0.249 e. The van der Waals surface area contributed by atoms with Gasteiger partial charge in [-0.15, -0.1) is 0 Å². The number of aliphatic hydroxyl groups excluding tert-OH is 1. The number of nitrogens with zero attached hydrogens (tertiary/aromatic N) is 1. The highest BCUT2D eigenvalue weighted by Gasteiger charge is 2.30. The van der Waals surface area contributed by atoms with Crippen molar-refractivity contribution in [3.05, 3.63) is 29.8 Å². The molecule has 1 aliphatic heterocycles. The molecule has 2 rings (SSSR count). The number of hydrogen-bond acceptors (Lipinski definition) is 4. The Morgan fingerprint density at radius 2 is 1.94 bits per heavy atom. The van der Waals surface area contributed by atoms with Crippen LogP contribution in [0, 0.1) is 0 Å². The molecule has 2 amide bonds. The van der Waals surface area contributed by atoms with Crippen molar-refractivity contribution in [3.8, 4) is 0 Å². The Balaban J connectivity index is 2.24. The molecule has 1 aliphatic rings. The molecule has 1 aromatic carbocycles. The van der Waals surface area contributed by atoms with E-state index in [0.29, 0.717) is 0 Å². The molecule has 0 aromatic heterocycles. The smallest absolute Gasteiger partial charge is 0.249 e. The quantitative estimate of drug-likeness (QED) is 0.752. The number of amides is 2. The summed E-state index contributed by atoms with van der Waals surface area (Å²) >= 11 is 0. The van der Waals surface area contributed by atoms with E-state index in [1.54, 1.807) is 30.9 Å². The van der Waals surface area contributed by atoms with Crippen molar-refractivity contribution in [3.63, 3.8) is 0 Å². The molecule has 2 atom stereocenters. The number of rotatable bonds is 2. The molecule has 5 heteroatoms. The highest BCUT2D eigenvalue weighted by atomic mass is 16.3. The van der Waals surface area contributed by atoms with Gasteiger partial charge in [0.25, 0.3) is 0 Å². The zero-order valence-corrected chi connectivity index (χ0v) is 10.4. The summed E-state index contributed by atoms with van der Waals surface area (Å²) in [6, 6.07) is 6.84. The van der Waals surface area contributed by atoms with E-state index in [0.717, 1.165) is 11.3 Å². The third-order valence-electron chi connectivity index (χ3n) is 3.13. The van der Waals surface area contributed by atoms with E-state index >= 15 is 0 Å². The van der Waals surface area contributed by atoms with Crippen LogP contribution in [0.25, 0.3) is 0 Å². The van der Waals surface area contributed by atoms with Crippen LogP contribution >= 0.6 is 0 Å². The highest BCUT2D eigenvalue weighted by molar-refractivity contribution is 6.04. The average molecular weight is 248 g/mol. The Morgan fingerprint density at radius 3 is 2.50 bits per heavy atom. The van der Waals surface area contributed by atoms with Gasteiger partial charge in [0.15, 0.2) is 0 Å². The van der Waals surface area contributed by atoms with Crippen LogP contribution in [0.5, 0.6) is 0 Å². The van der Waals surface area contributed by atoms with Crippen LogP contribution < -0.4 is 10.2 Å². The summed E-state index contributed by atoms with van der Waals surface area (Å²) in [4.78, 5) is 24.7. The van der Waals surface area contributed by atoms with Gasteiger partial charge < -0.3 is 10.0 Å². The zero-order valence-electron chi connectivity index (χ0n) is 10.4. The first-order chi connectivity index (χ1) is 8.49. The minimum atomic E-state index is -0.525. The summed E-state index contributed by atoms with van der Waals surface area (Å²) in [6.45, 7) is 3.61. The molecular formula is C13H16N2O3. The molecule has 18 heavy (non-hydrogen) atoms. The van der Waals surface area contributed by atoms with E-state index in [1.807, 2.05) is 12.1 Å². The number of anilines is 1. The lowest BCUT2D eigenvalue weighted by atomic mass is 10.1. The second-order valence-corrected chi connectivity index (χ2v) is 4.48. The maximum atomic E-state index is 11.5. The molecule has 0 saturated carbocycles. The van der Waals surface area contributed by atoms with Crippen molar-refractivity contribution >= 4 is 17.5 Å². The topological polar surface area (TPSA) is 69.6 Å². The monoisotopic (exact) mass is 248 g/mol. The zero-order chi connectivity index (χ0) is 13.3. The molecular weight excluding hydrogens is 232 g/mol. The normalized spacial score (nSPS) is 21.7. The number of hydrogen-bond donors (Lipinski definition) is 2. The van der Waals surface area contributed by atoms with E-state index in [9.17, 15) is 14.7 Å². The standard InChI is InChI=1S/C13H16N2O3/c1-8-13(18)14-12(17)7-15(8)11-5-3-10(4-6-11)9(2)16/h3-6,8-9,16H,7H2,1-2H3,(H,14,17,18). The fourth-order valence-corrected chi connectivity index (χ4v) is 1.97. The van der Waals surface area contributed by atoms with Gasteiger partial charge in [0, 0.05) is 5.69 Å². The first kappa shape index (κ1) is 12.6. The Labute approximate surface area is 105 Å². The first-order valence-electron chi connectivity index (χ1n) is 5.87. The number of imide groups is 1. The van der Waals surface area contributed by atoms with Crippen LogP contribution in [0.3, 0.4) is 0 Å². The average Bonchev–Trinajstić information content (AvgIpc) is 2.34. The molecule has 1 heterocycles. The molecule has 0 aliphatic carbocycles. The molecule has 1 aromatic rings. The van der Waals surface area contributed by atoms with Crippen molar-refractivity contribution in [1.82, 2.24) is 5.32 Å². The Morgan fingerprint density at radius 1 is 1.33 bits per heavy atom. The number of benzene rings is 1. The summed E-state index contributed by atoms with van der Waals surface area (Å²) in [5, 5.41) is 11.7. The molecule has 5 nitrogen and oxygen atoms in total. The molecule has 2 unspecified atom stereocenters. The van der Waals surface area contributed by atoms with Crippen molar-refractivity contribution in [1.29, 1.82) is 0 Å². The number of carbonyl (C=O) groups excluding carboxylic acids is 2. The van der Waals surface area contributed by atoms with E-state index in [1.165, 1.54) is 0 Å². The van der Waals surface area contributed by atoms with Crippen LogP contribution in [0.4, 0.5) is 5.69 Å². The van der Waals surface area contributed by atoms with E-state index < -0.39 is 6.10 Å². The highest BCUT2D eigenvalue weighted by Crippen LogP contribution is 2.22. The van der Waals surface area contributed by atoms with Gasteiger partial charge >= 0.3 is 0 Å². The summed E-state index contributed by atoms with van der Waals surface area (Å²) in [5.74, 6) is -0.580. The van der Waals surface area contributed by atoms with Gasteiger partial charge in [-0.05, 0) is 31.5 Å². The van der Waals surface area contributed by atoms with Crippen LogP contribution in [-0.4, -0.2) is 29.5 Å². The van der Waals surface area contributed by atoms with E-state index in [4.69, 9.17) is 0 Å². The van der Waals surface area contributed by atoms with Crippen LogP contribution in [-0.2, 0) is 9.59 Å². The summed E-state index contributed by atoms with van der Waals surface area (Å²) < 4.78 is 0. The lowest BCUT2D eigenvalue weighted by molar-refractivity contribution is -0.132. The summed E-state index contributed by atoms with van der Waals surface area (Å²) in [5.41, 5.74) is 1.61. The van der Waals surface area contributed by atoms with Gasteiger partial charge in [0.05, 0.1) is 12.6 Å². The minimum Gasteiger partial charge on any atom is -0.389 e. The van der Waals surface area contributed by atoms with Gasteiger partial charge in [-0.1, -0.05) is 12.1 Å². The molecule has 0 spiro atoms. The SMILES string of the molecule is CC(O)c1ccc(N2CC(=O)NC(=O)C2C)cc1. The predicted molar refractivity (Wildman–Crippen MR) is 67.0 cm³/mol. The second-order valence-electron chi connectivity index (χ2n) is 4.48. The van der Waals surface area contributed by atoms with E-state index in [-0.39, 0.29) is 24.4 Å². The van der Waals surface area contributed by atoms with Gasteiger partial charge in [-0.2, -0.15) is 0 Å². The van der Waals surface area contributed by atoms with Crippen molar-refractivity contribution in [2.75, 3.05) is 11.4 Å². The van der Waals surface area contributed by atoms with Gasteiger partial charge in [-0.3, -0.25) is 14.9 Å². The van der Waals surface area contributed by atoms with Gasteiger partial charge in [-0.25, -0.2) is 0 Å². The van der Waals surface area contributed by atoms with Crippen LogP contribution in [0.15, 0.2) is 24.3 Å². The predicted octanol–water partition coefficient (Wildman–Crippen LogP) is 0.591. The first-order valence-corrected chi connectivity index (χ1v) is 5.87. The lowest BCUT2D eigenvalue weighted by Gasteiger charge is -2.33. The number of piperazine rings is 1.